The van der Waals surface area contributed by atoms with E-state index >= 15 is 0 Å². The van der Waals surface area contributed by atoms with Crippen LogP contribution in [0.25, 0.3) is 0 Å². The van der Waals surface area contributed by atoms with Gasteiger partial charge in [0, 0.05) is 5.56 Å². The van der Waals surface area contributed by atoms with E-state index in [9.17, 15) is 9.18 Å². The molecule has 0 heterocycles. The molecule has 0 unspecified atom stereocenters. The number of carboxylic acids is 1. The Bertz CT molecular complexity index is 310. The molecule has 0 aromatic heterocycles. The number of phenolic OH excluding ortho intramolecular Hbond substituents is 1. The molecule has 0 fully saturated rings. The van der Waals surface area contributed by atoms with E-state index in [4.69, 9.17) is 10.2 Å². The van der Waals surface area contributed by atoms with Gasteiger partial charge in [-0.1, -0.05) is 0 Å². The highest BCUT2D eigenvalue weighted by atomic mass is 19.1. The van der Waals surface area contributed by atoms with E-state index in [1.54, 1.807) is 0 Å². The minimum Gasteiger partial charge on any atom is -0.508 e. The van der Waals surface area contributed by atoms with Crippen molar-refractivity contribution in [2.45, 2.75) is 6.92 Å². The van der Waals surface area contributed by atoms with Crippen molar-refractivity contribution in [2.75, 3.05) is 0 Å². The van der Waals surface area contributed by atoms with E-state index < -0.39 is 11.8 Å². The van der Waals surface area contributed by atoms with Crippen LogP contribution in [0.1, 0.15) is 15.9 Å². The number of carboxylic acid groups (broad SMARTS) is 1. The molecule has 1 aromatic carbocycles. The average Bonchev–Trinajstić information content (AvgIpc) is 1.99. The van der Waals surface area contributed by atoms with Gasteiger partial charge in [0.1, 0.15) is 11.6 Å². The summed E-state index contributed by atoms with van der Waals surface area (Å²) in [6, 6.07) is 1.89. The fourth-order valence-electron chi connectivity index (χ4n) is 0.788. The van der Waals surface area contributed by atoms with Crippen LogP contribution in [0, 0.1) is 12.7 Å². The Labute approximate surface area is 68.1 Å². The van der Waals surface area contributed by atoms with Crippen molar-refractivity contribution in [1.29, 1.82) is 0 Å². The van der Waals surface area contributed by atoms with Crippen LogP contribution in [-0.4, -0.2) is 16.2 Å². The number of phenols is 1. The Balaban J connectivity index is 3.31. The number of aromatic hydroxyl groups is 1. The smallest absolute Gasteiger partial charge is 0.335 e. The van der Waals surface area contributed by atoms with Crippen LogP contribution in [-0.2, 0) is 0 Å². The maximum atomic E-state index is 12.8. The normalized spacial score (nSPS) is 9.83. The summed E-state index contributed by atoms with van der Waals surface area (Å²) in [5.41, 5.74) is -0.199. The second-order valence-corrected chi connectivity index (χ2v) is 2.41. The SMILES string of the molecule is Cc1c(O)cc(C(=O)O)cc1F. The Morgan fingerprint density at radius 3 is 2.50 bits per heavy atom. The highest BCUT2D eigenvalue weighted by molar-refractivity contribution is 5.88. The van der Waals surface area contributed by atoms with Gasteiger partial charge in [0.05, 0.1) is 5.56 Å². The van der Waals surface area contributed by atoms with E-state index in [-0.39, 0.29) is 16.9 Å². The van der Waals surface area contributed by atoms with Crippen molar-refractivity contribution in [3.05, 3.63) is 29.1 Å². The van der Waals surface area contributed by atoms with Crippen molar-refractivity contribution < 1.29 is 19.4 Å². The fourth-order valence-corrected chi connectivity index (χ4v) is 0.788. The molecule has 0 radical (unpaired) electrons. The van der Waals surface area contributed by atoms with Crippen LogP contribution in [0.2, 0.25) is 0 Å². The van der Waals surface area contributed by atoms with Gasteiger partial charge < -0.3 is 10.2 Å². The van der Waals surface area contributed by atoms with Crippen LogP contribution < -0.4 is 0 Å². The monoisotopic (exact) mass is 170 g/mol. The Morgan fingerprint density at radius 2 is 2.08 bits per heavy atom. The zero-order valence-electron chi connectivity index (χ0n) is 6.34. The zero-order chi connectivity index (χ0) is 9.30. The summed E-state index contributed by atoms with van der Waals surface area (Å²) in [5.74, 6) is -2.32. The molecule has 3 nitrogen and oxygen atoms in total. The first kappa shape index (κ1) is 8.52. The number of carbonyl (C=O) groups is 1. The average molecular weight is 170 g/mol. The molecule has 0 aliphatic carbocycles. The molecule has 0 bridgehead atoms. The molecule has 0 amide bonds. The number of hydrogen-bond acceptors (Lipinski definition) is 2. The van der Waals surface area contributed by atoms with Gasteiger partial charge in [-0.25, -0.2) is 9.18 Å². The fraction of sp³-hybridized carbons (Fsp3) is 0.125. The predicted molar refractivity (Wildman–Crippen MR) is 39.8 cm³/mol. The first-order valence-electron chi connectivity index (χ1n) is 3.25. The second-order valence-electron chi connectivity index (χ2n) is 2.41. The summed E-state index contributed by atoms with van der Waals surface area (Å²) in [6.07, 6.45) is 0. The van der Waals surface area contributed by atoms with Crippen molar-refractivity contribution in [3.63, 3.8) is 0 Å². The van der Waals surface area contributed by atoms with E-state index in [2.05, 4.69) is 0 Å². The zero-order valence-corrected chi connectivity index (χ0v) is 6.34. The largest absolute Gasteiger partial charge is 0.508 e. The second kappa shape index (κ2) is 2.81. The van der Waals surface area contributed by atoms with Crippen molar-refractivity contribution in [2.24, 2.45) is 0 Å². The maximum Gasteiger partial charge on any atom is 0.335 e. The van der Waals surface area contributed by atoms with E-state index in [1.165, 1.54) is 6.92 Å². The summed E-state index contributed by atoms with van der Waals surface area (Å²) in [5, 5.41) is 17.5. The molecule has 0 aliphatic rings. The molecule has 1 aromatic rings. The van der Waals surface area contributed by atoms with E-state index in [0.717, 1.165) is 12.1 Å². The van der Waals surface area contributed by atoms with Gasteiger partial charge in [0.25, 0.3) is 0 Å². The predicted octanol–water partition coefficient (Wildman–Crippen LogP) is 1.54. The first-order valence-corrected chi connectivity index (χ1v) is 3.25. The molecule has 64 valence electrons. The van der Waals surface area contributed by atoms with Crippen LogP contribution in [0.5, 0.6) is 5.75 Å². The highest BCUT2D eigenvalue weighted by Gasteiger charge is 2.09. The van der Waals surface area contributed by atoms with Gasteiger partial charge in [0.15, 0.2) is 0 Å². The van der Waals surface area contributed by atoms with E-state index in [1.807, 2.05) is 0 Å². The number of aromatic carboxylic acids is 1. The minimum absolute atomic E-state index is 0.0556. The lowest BCUT2D eigenvalue weighted by atomic mass is 10.1. The number of rotatable bonds is 1. The topological polar surface area (TPSA) is 57.5 Å². The van der Waals surface area contributed by atoms with Crippen molar-refractivity contribution in [1.82, 2.24) is 0 Å². The van der Waals surface area contributed by atoms with Gasteiger partial charge in [-0.3, -0.25) is 0 Å². The molecular formula is C8H7FO3. The van der Waals surface area contributed by atoms with Crippen LogP contribution in [0.15, 0.2) is 12.1 Å². The summed E-state index contributed by atoms with van der Waals surface area (Å²) in [7, 11) is 0. The van der Waals surface area contributed by atoms with Gasteiger partial charge in [-0.15, -0.1) is 0 Å². The third-order valence-electron chi connectivity index (χ3n) is 1.56. The van der Waals surface area contributed by atoms with Crippen molar-refractivity contribution in [3.8, 4) is 5.75 Å². The van der Waals surface area contributed by atoms with Crippen LogP contribution in [0.3, 0.4) is 0 Å². The lowest BCUT2D eigenvalue weighted by molar-refractivity contribution is 0.0696. The van der Waals surface area contributed by atoms with Crippen LogP contribution in [0.4, 0.5) is 4.39 Å². The van der Waals surface area contributed by atoms with Gasteiger partial charge >= 0.3 is 5.97 Å². The standard InChI is InChI=1S/C8H7FO3/c1-4-6(9)2-5(8(11)12)3-7(4)10/h2-3,10H,1H3,(H,11,12). The molecular weight excluding hydrogens is 163 g/mol. The number of benzene rings is 1. The molecule has 0 aliphatic heterocycles. The van der Waals surface area contributed by atoms with Crippen molar-refractivity contribution >= 4 is 5.97 Å². The Kier molecular flexibility index (Phi) is 1.99. The lowest BCUT2D eigenvalue weighted by Crippen LogP contribution is -1.97. The maximum absolute atomic E-state index is 12.8. The molecule has 0 saturated carbocycles. The van der Waals surface area contributed by atoms with Gasteiger partial charge in [-0.05, 0) is 19.1 Å². The number of hydrogen-bond donors (Lipinski definition) is 2. The molecule has 2 N–H and O–H groups in total. The summed E-state index contributed by atoms with van der Waals surface area (Å²) >= 11 is 0. The molecule has 4 heteroatoms. The quantitative estimate of drug-likeness (QED) is 0.672. The molecule has 0 atom stereocenters. The van der Waals surface area contributed by atoms with Crippen LogP contribution >= 0.6 is 0 Å². The summed E-state index contributed by atoms with van der Waals surface area (Å²) in [6.45, 7) is 1.37. The van der Waals surface area contributed by atoms with Gasteiger partial charge in [-0.2, -0.15) is 0 Å². The third-order valence-corrected chi connectivity index (χ3v) is 1.56. The molecule has 0 saturated heterocycles. The molecule has 1 rings (SSSR count). The Morgan fingerprint density at radius 1 is 1.50 bits per heavy atom. The Hall–Kier alpha value is -1.58. The van der Waals surface area contributed by atoms with E-state index in [0.29, 0.717) is 0 Å². The molecule has 12 heavy (non-hydrogen) atoms. The summed E-state index contributed by atoms with van der Waals surface area (Å²) in [4.78, 5) is 10.3. The van der Waals surface area contributed by atoms with Gasteiger partial charge in [0.2, 0.25) is 0 Å². The molecule has 0 spiro atoms. The lowest BCUT2D eigenvalue weighted by Gasteiger charge is -2.01. The number of halogens is 1. The minimum atomic E-state index is -1.26. The third kappa shape index (κ3) is 1.37. The summed E-state index contributed by atoms with van der Waals surface area (Å²) < 4.78 is 12.8. The first-order chi connectivity index (χ1) is 5.52. The highest BCUT2D eigenvalue weighted by Crippen LogP contribution is 2.21.